The van der Waals surface area contributed by atoms with Gasteiger partial charge in [0.25, 0.3) is 5.69 Å². The molecule has 0 heterocycles. The molecule has 21 heavy (non-hydrogen) atoms. The van der Waals surface area contributed by atoms with Gasteiger partial charge in [-0.25, -0.2) is 9.18 Å². The van der Waals surface area contributed by atoms with E-state index in [1.807, 2.05) is 0 Å². The highest BCUT2D eigenvalue weighted by Gasteiger charge is 2.35. The molecule has 0 amide bonds. The maximum atomic E-state index is 13.9. The summed E-state index contributed by atoms with van der Waals surface area (Å²) in [6.45, 7) is 2.60. The first-order valence-electron chi connectivity index (χ1n) is 6.84. The van der Waals surface area contributed by atoms with Crippen molar-refractivity contribution < 1.29 is 19.2 Å². The third-order valence-corrected chi connectivity index (χ3v) is 4.33. The van der Waals surface area contributed by atoms with Crippen LogP contribution in [0.5, 0.6) is 0 Å². The summed E-state index contributed by atoms with van der Waals surface area (Å²) >= 11 is 0. The molecule has 0 spiro atoms. The predicted octanol–water partition coefficient (Wildman–Crippen LogP) is 3.42. The van der Waals surface area contributed by atoms with E-state index in [1.165, 1.54) is 0 Å². The normalized spacial score (nSPS) is 16.1. The minimum Gasteiger partial charge on any atom is -0.477 e. The Kier molecular flexibility index (Phi) is 4.11. The fraction of sp³-hybridized carbons (Fsp3) is 0.500. The number of carboxylic acid groups (broad SMARTS) is 1. The molecule has 0 aliphatic heterocycles. The Morgan fingerprint density at radius 1 is 1.52 bits per heavy atom. The molecule has 1 aromatic carbocycles. The molecule has 0 bridgehead atoms. The van der Waals surface area contributed by atoms with Crippen molar-refractivity contribution in [2.75, 3.05) is 11.9 Å². The van der Waals surface area contributed by atoms with Gasteiger partial charge in [-0.2, -0.15) is 0 Å². The van der Waals surface area contributed by atoms with Crippen LogP contribution < -0.4 is 5.32 Å². The zero-order chi connectivity index (χ0) is 15.6. The summed E-state index contributed by atoms with van der Waals surface area (Å²) in [5, 5.41) is 22.7. The van der Waals surface area contributed by atoms with Gasteiger partial charge in [0.15, 0.2) is 5.82 Å². The fourth-order valence-electron chi connectivity index (χ4n) is 2.64. The molecule has 0 saturated heterocycles. The number of hydrogen-bond acceptors (Lipinski definition) is 4. The molecule has 7 heteroatoms. The first-order chi connectivity index (χ1) is 9.88. The highest BCUT2D eigenvalue weighted by molar-refractivity contribution is 5.93. The van der Waals surface area contributed by atoms with E-state index >= 15 is 0 Å². The molecule has 0 aromatic heterocycles. The Morgan fingerprint density at radius 2 is 2.19 bits per heavy atom. The van der Waals surface area contributed by atoms with Gasteiger partial charge >= 0.3 is 5.97 Å². The van der Waals surface area contributed by atoms with Crippen LogP contribution in [0.1, 0.15) is 43.0 Å². The van der Waals surface area contributed by atoms with Gasteiger partial charge in [-0.15, -0.1) is 0 Å². The Bertz CT molecular complexity index is 579. The fourth-order valence-corrected chi connectivity index (χ4v) is 2.64. The molecule has 6 nitrogen and oxygen atoms in total. The highest BCUT2D eigenvalue weighted by atomic mass is 19.1. The topological polar surface area (TPSA) is 92.5 Å². The third kappa shape index (κ3) is 2.96. The molecular weight excluding hydrogens is 279 g/mol. The Labute approximate surface area is 121 Å². The monoisotopic (exact) mass is 296 g/mol. The standard InChI is InChI=1S/C14H17FN2O4/c1-2-14(4-3-5-14)8-16-11-6-9(13(18)19)12(17(20)21)7-10(11)15/h6-7,16H,2-5,8H2,1H3,(H,18,19). The Balaban J connectivity index is 2.25. The second-order valence-corrected chi connectivity index (χ2v) is 5.47. The van der Waals surface area contributed by atoms with Crippen molar-refractivity contribution in [1.82, 2.24) is 0 Å². The average Bonchev–Trinajstić information content (AvgIpc) is 2.38. The molecule has 1 fully saturated rings. The number of carboxylic acids is 1. The lowest BCUT2D eigenvalue weighted by Gasteiger charge is -2.41. The zero-order valence-corrected chi connectivity index (χ0v) is 11.7. The Hall–Kier alpha value is -2.18. The number of carbonyl (C=O) groups is 1. The van der Waals surface area contributed by atoms with Crippen LogP contribution in [-0.2, 0) is 0 Å². The van der Waals surface area contributed by atoms with E-state index in [0.29, 0.717) is 12.6 Å². The number of anilines is 1. The van der Waals surface area contributed by atoms with Gasteiger partial charge in [0.1, 0.15) is 5.56 Å². The molecule has 2 rings (SSSR count). The largest absolute Gasteiger partial charge is 0.477 e. The van der Waals surface area contributed by atoms with Crippen molar-refractivity contribution in [1.29, 1.82) is 0 Å². The number of nitrogens with zero attached hydrogens (tertiary/aromatic N) is 1. The van der Waals surface area contributed by atoms with Gasteiger partial charge in [0.2, 0.25) is 0 Å². The van der Waals surface area contributed by atoms with Crippen molar-refractivity contribution in [2.24, 2.45) is 5.41 Å². The van der Waals surface area contributed by atoms with Crippen LogP contribution in [0.4, 0.5) is 15.8 Å². The number of halogens is 1. The molecule has 1 aliphatic carbocycles. The molecular formula is C14H17FN2O4. The lowest BCUT2D eigenvalue weighted by molar-refractivity contribution is -0.385. The van der Waals surface area contributed by atoms with E-state index in [1.54, 1.807) is 0 Å². The summed E-state index contributed by atoms with van der Waals surface area (Å²) in [6, 6.07) is 1.66. The van der Waals surface area contributed by atoms with E-state index in [2.05, 4.69) is 12.2 Å². The predicted molar refractivity (Wildman–Crippen MR) is 75.1 cm³/mol. The summed E-state index contributed by atoms with van der Waals surface area (Å²) in [4.78, 5) is 20.9. The van der Waals surface area contributed by atoms with E-state index < -0.39 is 28.0 Å². The third-order valence-electron chi connectivity index (χ3n) is 4.33. The number of nitrogens with one attached hydrogen (secondary N) is 1. The van der Waals surface area contributed by atoms with Crippen molar-refractivity contribution in [3.8, 4) is 0 Å². The maximum Gasteiger partial charge on any atom is 0.342 e. The zero-order valence-electron chi connectivity index (χ0n) is 11.7. The summed E-state index contributed by atoms with van der Waals surface area (Å²) in [7, 11) is 0. The SMILES string of the molecule is CCC1(CNc2cc(C(=O)O)c([N+](=O)[O-])cc2F)CCC1. The molecule has 114 valence electrons. The summed E-state index contributed by atoms with van der Waals surface area (Å²) in [6.07, 6.45) is 4.20. The number of nitro benzene ring substituents is 1. The smallest absolute Gasteiger partial charge is 0.342 e. The van der Waals surface area contributed by atoms with Gasteiger partial charge in [-0.3, -0.25) is 10.1 Å². The van der Waals surface area contributed by atoms with Crippen LogP contribution in [0.3, 0.4) is 0 Å². The van der Waals surface area contributed by atoms with Gasteiger partial charge < -0.3 is 10.4 Å². The second kappa shape index (κ2) is 5.67. The van der Waals surface area contributed by atoms with Crippen LogP contribution in [0.2, 0.25) is 0 Å². The van der Waals surface area contributed by atoms with Crippen LogP contribution in [0, 0.1) is 21.3 Å². The molecule has 1 aromatic rings. The van der Waals surface area contributed by atoms with Crippen LogP contribution in [-0.4, -0.2) is 22.5 Å². The van der Waals surface area contributed by atoms with Gasteiger partial charge in [-0.05, 0) is 30.7 Å². The van der Waals surface area contributed by atoms with Crippen LogP contribution in [0.15, 0.2) is 12.1 Å². The maximum absolute atomic E-state index is 13.9. The first-order valence-corrected chi connectivity index (χ1v) is 6.84. The molecule has 1 aliphatic rings. The number of aromatic carboxylic acids is 1. The quantitative estimate of drug-likeness (QED) is 0.619. The summed E-state index contributed by atoms with van der Waals surface area (Å²) in [5.74, 6) is -2.25. The number of nitro groups is 1. The minimum atomic E-state index is -1.45. The molecule has 0 unspecified atom stereocenters. The lowest BCUT2D eigenvalue weighted by atomic mass is 9.67. The molecule has 2 N–H and O–H groups in total. The Morgan fingerprint density at radius 3 is 2.62 bits per heavy atom. The van der Waals surface area contributed by atoms with Gasteiger partial charge in [0.05, 0.1) is 16.7 Å². The van der Waals surface area contributed by atoms with Gasteiger partial charge in [-0.1, -0.05) is 13.3 Å². The molecule has 0 radical (unpaired) electrons. The van der Waals surface area contributed by atoms with Gasteiger partial charge in [0, 0.05) is 6.54 Å². The summed E-state index contributed by atoms with van der Waals surface area (Å²) < 4.78 is 13.9. The van der Waals surface area contributed by atoms with E-state index in [4.69, 9.17) is 5.11 Å². The van der Waals surface area contributed by atoms with Crippen LogP contribution >= 0.6 is 0 Å². The second-order valence-electron chi connectivity index (χ2n) is 5.47. The first kappa shape index (κ1) is 15.2. The van der Waals surface area contributed by atoms with E-state index in [-0.39, 0.29) is 11.1 Å². The van der Waals surface area contributed by atoms with Crippen molar-refractivity contribution in [2.45, 2.75) is 32.6 Å². The average molecular weight is 296 g/mol. The van der Waals surface area contributed by atoms with Crippen molar-refractivity contribution in [3.63, 3.8) is 0 Å². The van der Waals surface area contributed by atoms with E-state index in [9.17, 15) is 19.3 Å². The minimum absolute atomic E-state index is 0.00211. The summed E-state index contributed by atoms with van der Waals surface area (Å²) in [5.41, 5.74) is -1.13. The number of benzene rings is 1. The van der Waals surface area contributed by atoms with Crippen molar-refractivity contribution >= 4 is 17.3 Å². The van der Waals surface area contributed by atoms with E-state index in [0.717, 1.165) is 31.7 Å². The molecule has 1 saturated carbocycles. The highest BCUT2D eigenvalue weighted by Crippen LogP contribution is 2.44. The van der Waals surface area contributed by atoms with Crippen LogP contribution in [0.25, 0.3) is 0 Å². The number of rotatable bonds is 6. The number of hydrogen-bond donors (Lipinski definition) is 2. The van der Waals surface area contributed by atoms with Crippen molar-refractivity contribution in [3.05, 3.63) is 33.6 Å². The molecule has 0 atom stereocenters. The lowest BCUT2D eigenvalue weighted by Crippen LogP contribution is -2.36.